The van der Waals surface area contributed by atoms with Crippen LogP contribution in [0.2, 0.25) is 0 Å². The first-order valence-corrected chi connectivity index (χ1v) is 8.79. The van der Waals surface area contributed by atoms with Gasteiger partial charge in [-0.05, 0) is 50.4 Å². The fourth-order valence-electron chi connectivity index (χ4n) is 4.77. The Kier molecular flexibility index (Phi) is 4.85. The van der Waals surface area contributed by atoms with Crippen LogP contribution in [0.3, 0.4) is 0 Å². The molecule has 3 aliphatic rings. The zero-order valence-corrected chi connectivity index (χ0v) is 13.2. The van der Waals surface area contributed by atoms with E-state index >= 15 is 0 Å². The molecule has 2 heterocycles. The number of nitrogens with zero attached hydrogens (tertiary/aromatic N) is 1. The number of carboxylic acids is 1. The molecule has 21 heavy (non-hydrogen) atoms. The third-order valence-electron chi connectivity index (χ3n) is 5.91. The van der Waals surface area contributed by atoms with Crippen LogP contribution in [0.25, 0.3) is 0 Å². The van der Waals surface area contributed by atoms with Gasteiger partial charge in [0.15, 0.2) is 0 Å². The molecule has 3 fully saturated rings. The van der Waals surface area contributed by atoms with Crippen LogP contribution in [0.15, 0.2) is 0 Å². The Morgan fingerprint density at radius 3 is 2.81 bits per heavy atom. The zero-order chi connectivity index (χ0) is 14.8. The second-order valence-electron chi connectivity index (χ2n) is 7.19. The molecule has 0 amide bonds. The van der Waals surface area contributed by atoms with E-state index in [0.717, 1.165) is 38.8 Å². The molecule has 4 nitrogen and oxygen atoms in total. The van der Waals surface area contributed by atoms with E-state index < -0.39 is 5.97 Å². The van der Waals surface area contributed by atoms with Crippen LogP contribution in [0.1, 0.15) is 58.3 Å². The number of fused-ring (bicyclic) bond motifs is 1. The van der Waals surface area contributed by atoms with Gasteiger partial charge in [0.05, 0.1) is 6.10 Å². The van der Waals surface area contributed by atoms with Gasteiger partial charge in [-0.15, -0.1) is 0 Å². The summed E-state index contributed by atoms with van der Waals surface area (Å²) < 4.78 is 5.77. The van der Waals surface area contributed by atoms with Crippen LogP contribution in [0.5, 0.6) is 0 Å². The van der Waals surface area contributed by atoms with Gasteiger partial charge in [-0.25, -0.2) is 0 Å². The quantitative estimate of drug-likeness (QED) is 0.866. The van der Waals surface area contributed by atoms with Gasteiger partial charge in [-0.2, -0.15) is 0 Å². The van der Waals surface area contributed by atoms with Crippen molar-refractivity contribution in [3.8, 4) is 0 Å². The highest BCUT2D eigenvalue weighted by Gasteiger charge is 2.45. The zero-order valence-electron chi connectivity index (χ0n) is 13.2. The number of ether oxygens (including phenoxy) is 1. The molecule has 1 aliphatic carbocycles. The summed E-state index contributed by atoms with van der Waals surface area (Å²) in [5, 5.41) is 9.59. The largest absolute Gasteiger partial charge is 0.480 e. The molecular formula is C17H29NO3. The average molecular weight is 295 g/mol. The molecule has 0 aromatic carbocycles. The second kappa shape index (κ2) is 6.66. The van der Waals surface area contributed by atoms with Crippen molar-refractivity contribution >= 4 is 5.97 Å². The average Bonchev–Trinajstić information content (AvgIpc) is 2.87. The fraction of sp³-hybridized carbons (Fsp3) is 0.941. The maximum Gasteiger partial charge on any atom is 0.320 e. The van der Waals surface area contributed by atoms with Crippen LogP contribution in [-0.2, 0) is 9.53 Å². The first-order valence-electron chi connectivity index (χ1n) is 8.79. The van der Waals surface area contributed by atoms with Crippen LogP contribution in [0.4, 0.5) is 0 Å². The molecule has 2 saturated heterocycles. The predicted octanol–water partition coefficient (Wildman–Crippen LogP) is 2.91. The minimum Gasteiger partial charge on any atom is -0.480 e. The summed E-state index contributed by atoms with van der Waals surface area (Å²) in [6.07, 6.45) is 9.53. The number of aliphatic carboxylic acids is 1. The molecule has 2 aliphatic heterocycles. The molecule has 0 bridgehead atoms. The van der Waals surface area contributed by atoms with Gasteiger partial charge in [0.2, 0.25) is 0 Å². The molecule has 0 unspecified atom stereocenters. The van der Waals surface area contributed by atoms with Gasteiger partial charge in [-0.3, -0.25) is 9.69 Å². The minimum atomic E-state index is -0.608. The molecule has 1 N–H and O–H groups in total. The lowest BCUT2D eigenvalue weighted by molar-refractivity contribution is -0.143. The number of likely N-dealkylation sites (tertiary alicyclic amines) is 1. The van der Waals surface area contributed by atoms with Crippen molar-refractivity contribution in [2.45, 2.75) is 76.5 Å². The van der Waals surface area contributed by atoms with E-state index in [4.69, 9.17) is 4.74 Å². The van der Waals surface area contributed by atoms with Crippen molar-refractivity contribution < 1.29 is 14.6 Å². The number of hydrogen-bond donors (Lipinski definition) is 1. The Morgan fingerprint density at radius 2 is 2.05 bits per heavy atom. The number of rotatable bonds is 4. The molecule has 0 aromatic rings. The van der Waals surface area contributed by atoms with Crippen LogP contribution < -0.4 is 0 Å². The summed E-state index contributed by atoms with van der Waals surface area (Å²) in [5.74, 6) is 0.636. The Balaban J connectivity index is 1.67. The highest BCUT2D eigenvalue weighted by Crippen LogP contribution is 2.41. The van der Waals surface area contributed by atoms with E-state index in [1.807, 2.05) is 0 Å². The Morgan fingerprint density at radius 1 is 1.24 bits per heavy atom. The standard InChI is InChI=1S/C17H29NO3/c1-2-14-9-12(7-8-21-14)11-18-15-6-4-3-5-13(15)10-16(18)17(19)20/h12-16H,2-11H2,1H3,(H,19,20)/t12-,13-,14-,15-,16+/m1/s1. The first kappa shape index (κ1) is 15.3. The van der Waals surface area contributed by atoms with Crippen molar-refractivity contribution in [2.24, 2.45) is 11.8 Å². The van der Waals surface area contributed by atoms with Crippen molar-refractivity contribution in [3.05, 3.63) is 0 Å². The number of hydrogen-bond acceptors (Lipinski definition) is 3. The van der Waals surface area contributed by atoms with E-state index in [1.54, 1.807) is 0 Å². The third kappa shape index (κ3) is 3.26. The first-order chi connectivity index (χ1) is 10.2. The molecule has 0 radical (unpaired) electrons. The summed E-state index contributed by atoms with van der Waals surface area (Å²) in [6.45, 7) is 4.00. The van der Waals surface area contributed by atoms with E-state index in [9.17, 15) is 9.90 Å². The molecule has 4 heteroatoms. The number of carbonyl (C=O) groups is 1. The smallest absolute Gasteiger partial charge is 0.320 e. The molecule has 3 rings (SSSR count). The van der Waals surface area contributed by atoms with Gasteiger partial charge in [0, 0.05) is 19.2 Å². The summed E-state index contributed by atoms with van der Waals surface area (Å²) >= 11 is 0. The highest BCUT2D eigenvalue weighted by atomic mass is 16.5. The molecule has 5 atom stereocenters. The molecule has 0 aromatic heterocycles. The normalized spacial score (nSPS) is 40.9. The SMILES string of the molecule is CC[C@@H]1C[C@H](CN2[C@@H]3CCCC[C@@H]3C[C@H]2C(=O)O)CCO1. The maximum absolute atomic E-state index is 11.7. The van der Waals surface area contributed by atoms with Crippen LogP contribution in [-0.4, -0.2) is 47.3 Å². The van der Waals surface area contributed by atoms with Crippen LogP contribution in [0, 0.1) is 11.8 Å². The second-order valence-corrected chi connectivity index (χ2v) is 7.19. The molecule has 1 saturated carbocycles. The monoisotopic (exact) mass is 295 g/mol. The maximum atomic E-state index is 11.7. The van der Waals surface area contributed by atoms with E-state index in [0.29, 0.717) is 24.0 Å². The van der Waals surface area contributed by atoms with Crippen molar-refractivity contribution in [1.82, 2.24) is 4.90 Å². The van der Waals surface area contributed by atoms with E-state index in [-0.39, 0.29) is 6.04 Å². The van der Waals surface area contributed by atoms with Crippen molar-refractivity contribution in [2.75, 3.05) is 13.2 Å². The predicted molar refractivity (Wildman–Crippen MR) is 81.2 cm³/mol. The van der Waals surface area contributed by atoms with Crippen molar-refractivity contribution in [3.63, 3.8) is 0 Å². The Hall–Kier alpha value is -0.610. The topological polar surface area (TPSA) is 49.8 Å². The third-order valence-corrected chi connectivity index (χ3v) is 5.91. The lowest BCUT2D eigenvalue weighted by Crippen LogP contribution is -2.46. The van der Waals surface area contributed by atoms with Gasteiger partial charge >= 0.3 is 5.97 Å². The van der Waals surface area contributed by atoms with Crippen molar-refractivity contribution in [1.29, 1.82) is 0 Å². The summed E-state index contributed by atoms with van der Waals surface area (Å²) in [6, 6.07) is 0.295. The van der Waals surface area contributed by atoms with Gasteiger partial charge < -0.3 is 9.84 Å². The minimum absolute atomic E-state index is 0.235. The summed E-state index contributed by atoms with van der Waals surface area (Å²) in [4.78, 5) is 14.0. The molecule has 120 valence electrons. The van der Waals surface area contributed by atoms with Gasteiger partial charge in [0.1, 0.15) is 6.04 Å². The van der Waals surface area contributed by atoms with Gasteiger partial charge in [-0.1, -0.05) is 19.8 Å². The lowest BCUT2D eigenvalue weighted by Gasteiger charge is -2.37. The Bertz CT molecular complexity index is 373. The van der Waals surface area contributed by atoms with Gasteiger partial charge in [0.25, 0.3) is 0 Å². The summed E-state index contributed by atoms with van der Waals surface area (Å²) in [5.41, 5.74) is 0. The summed E-state index contributed by atoms with van der Waals surface area (Å²) in [7, 11) is 0. The fourth-order valence-corrected chi connectivity index (χ4v) is 4.77. The lowest BCUT2D eigenvalue weighted by atomic mass is 9.84. The number of carboxylic acid groups (broad SMARTS) is 1. The van der Waals surface area contributed by atoms with E-state index in [2.05, 4.69) is 11.8 Å². The molecule has 0 spiro atoms. The van der Waals surface area contributed by atoms with Crippen LogP contribution >= 0.6 is 0 Å². The highest BCUT2D eigenvalue weighted by molar-refractivity contribution is 5.74. The Labute approximate surface area is 127 Å². The molecular weight excluding hydrogens is 266 g/mol. The van der Waals surface area contributed by atoms with E-state index in [1.165, 1.54) is 25.7 Å².